The van der Waals surface area contributed by atoms with Crippen LogP contribution in [0.5, 0.6) is 0 Å². The fourth-order valence-corrected chi connectivity index (χ4v) is 6.00. The molecule has 2 aromatic rings. The van der Waals surface area contributed by atoms with Crippen LogP contribution in [-0.2, 0) is 4.79 Å². The Hall–Kier alpha value is -1.66. The van der Waals surface area contributed by atoms with E-state index in [1.165, 1.54) is 5.56 Å². The van der Waals surface area contributed by atoms with E-state index in [0.29, 0.717) is 6.42 Å². The highest BCUT2D eigenvalue weighted by atomic mass is 32.2. The van der Waals surface area contributed by atoms with Gasteiger partial charge in [-0.3, -0.25) is 4.79 Å². The molecular formula is C20H25N3OS2. The second kappa shape index (κ2) is 7.92. The van der Waals surface area contributed by atoms with Crippen molar-refractivity contribution in [2.45, 2.75) is 38.2 Å². The lowest BCUT2D eigenvalue weighted by molar-refractivity contribution is -0.121. The first-order valence-electron chi connectivity index (χ1n) is 8.74. The molecule has 2 heterocycles. The second-order valence-corrected chi connectivity index (χ2v) is 10.3. The molecule has 1 aromatic heterocycles. The van der Waals surface area contributed by atoms with Gasteiger partial charge in [0.05, 0.1) is 16.7 Å². The molecule has 0 unspecified atom stereocenters. The fraction of sp³-hybridized carbons (Fsp3) is 0.400. The molecule has 1 aliphatic rings. The molecule has 26 heavy (non-hydrogen) atoms. The highest BCUT2D eigenvalue weighted by Gasteiger charge is 2.32. The molecule has 1 N–H and O–H groups in total. The number of carbonyl (C=O) groups excluding carboxylic acids is 1. The lowest BCUT2D eigenvalue weighted by Gasteiger charge is -2.19. The van der Waals surface area contributed by atoms with Gasteiger partial charge in [0.1, 0.15) is 0 Å². The summed E-state index contributed by atoms with van der Waals surface area (Å²) < 4.78 is 2.19. The average molecular weight is 388 g/mol. The Morgan fingerprint density at radius 1 is 1.23 bits per heavy atom. The topological polar surface area (TPSA) is 46.4 Å². The van der Waals surface area contributed by atoms with Crippen LogP contribution in [0.3, 0.4) is 0 Å². The summed E-state index contributed by atoms with van der Waals surface area (Å²) in [7, 11) is 0. The third-order valence-electron chi connectivity index (χ3n) is 4.54. The number of rotatable bonds is 5. The quantitative estimate of drug-likeness (QED) is 0.609. The molecule has 1 fully saturated rings. The minimum absolute atomic E-state index is 0.0130. The van der Waals surface area contributed by atoms with Crippen LogP contribution in [-0.4, -0.2) is 32.3 Å². The molecule has 0 saturated carbocycles. The number of hydrazone groups is 1. The number of aromatic nitrogens is 1. The summed E-state index contributed by atoms with van der Waals surface area (Å²) >= 11 is 3.71. The highest BCUT2D eigenvalue weighted by Crippen LogP contribution is 2.45. The van der Waals surface area contributed by atoms with E-state index < -0.39 is 0 Å². The summed E-state index contributed by atoms with van der Waals surface area (Å²) in [5, 5.41) is 4.18. The summed E-state index contributed by atoms with van der Waals surface area (Å²) in [5.41, 5.74) is 8.33. The van der Waals surface area contributed by atoms with E-state index in [-0.39, 0.29) is 9.99 Å². The van der Waals surface area contributed by atoms with Gasteiger partial charge in [0.2, 0.25) is 5.91 Å². The van der Waals surface area contributed by atoms with Crippen molar-refractivity contribution in [2.75, 3.05) is 11.5 Å². The predicted octanol–water partition coefficient (Wildman–Crippen LogP) is 4.44. The van der Waals surface area contributed by atoms with Crippen molar-refractivity contribution in [1.29, 1.82) is 0 Å². The van der Waals surface area contributed by atoms with Crippen molar-refractivity contribution in [2.24, 2.45) is 5.10 Å². The number of hydrogen-bond acceptors (Lipinski definition) is 4. The molecule has 1 aliphatic heterocycles. The Morgan fingerprint density at radius 3 is 2.54 bits per heavy atom. The smallest absolute Gasteiger partial charge is 0.242 e. The molecule has 0 bridgehead atoms. The molecule has 6 heteroatoms. The molecule has 1 saturated heterocycles. The molecule has 1 aromatic carbocycles. The zero-order chi connectivity index (χ0) is 18.7. The molecule has 0 atom stereocenters. The summed E-state index contributed by atoms with van der Waals surface area (Å²) in [6.45, 7) is 8.37. The van der Waals surface area contributed by atoms with Gasteiger partial charge in [-0.1, -0.05) is 17.7 Å². The maximum absolute atomic E-state index is 12.1. The number of carbonyl (C=O) groups is 1. The number of hydrogen-bond donors (Lipinski definition) is 1. The normalized spacial score (nSPS) is 16.3. The molecule has 0 radical (unpaired) electrons. The second-order valence-electron chi connectivity index (χ2n) is 6.80. The van der Waals surface area contributed by atoms with Gasteiger partial charge in [-0.15, -0.1) is 23.5 Å². The van der Waals surface area contributed by atoms with Gasteiger partial charge in [-0.2, -0.15) is 5.10 Å². The van der Waals surface area contributed by atoms with Crippen LogP contribution in [0.1, 0.15) is 35.9 Å². The number of amides is 1. The molecule has 1 amide bonds. The van der Waals surface area contributed by atoms with Crippen LogP contribution in [0.15, 0.2) is 35.4 Å². The molecule has 3 rings (SSSR count). The number of nitrogens with one attached hydrogen (secondary N) is 1. The standard InChI is InChI=1S/C20H25N3OS2/c1-14-5-7-18(8-6-14)23-15(2)11-17(16(23)3)13-21-22-19(24)12-20(4)25-9-10-26-20/h5-8,11,13H,9-10,12H2,1-4H3,(H,22,24)/b21-13-. The molecular weight excluding hydrogens is 362 g/mol. The van der Waals surface area contributed by atoms with Gasteiger partial charge in [-0.05, 0) is 45.9 Å². The molecule has 4 nitrogen and oxygen atoms in total. The number of nitrogens with zero attached hydrogens (tertiary/aromatic N) is 2. The Bertz CT molecular complexity index is 818. The van der Waals surface area contributed by atoms with Gasteiger partial charge < -0.3 is 4.57 Å². The van der Waals surface area contributed by atoms with E-state index in [9.17, 15) is 4.79 Å². The van der Waals surface area contributed by atoms with Crippen molar-refractivity contribution in [3.63, 3.8) is 0 Å². The third-order valence-corrected chi connectivity index (χ3v) is 7.83. The molecule has 0 aliphatic carbocycles. The largest absolute Gasteiger partial charge is 0.318 e. The van der Waals surface area contributed by atoms with Crippen molar-refractivity contribution >= 4 is 35.6 Å². The SMILES string of the molecule is Cc1ccc(-n2c(C)cc(/C=N\NC(=O)CC3(C)SCCS3)c2C)cc1. The minimum atomic E-state index is -0.0296. The van der Waals surface area contributed by atoms with Crippen molar-refractivity contribution in [3.8, 4) is 5.69 Å². The van der Waals surface area contributed by atoms with Crippen molar-refractivity contribution in [1.82, 2.24) is 9.99 Å². The van der Waals surface area contributed by atoms with E-state index in [0.717, 1.165) is 34.1 Å². The Balaban J connectivity index is 1.68. The van der Waals surface area contributed by atoms with Crippen LogP contribution in [0.25, 0.3) is 5.69 Å². The highest BCUT2D eigenvalue weighted by molar-refractivity contribution is 8.21. The van der Waals surface area contributed by atoms with Crippen LogP contribution >= 0.6 is 23.5 Å². The first-order valence-corrected chi connectivity index (χ1v) is 10.7. The first kappa shape index (κ1) is 19.1. The van der Waals surface area contributed by atoms with E-state index in [4.69, 9.17) is 0 Å². The van der Waals surface area contributed by atoms with E-state index >= 15 is 0 Å². The Kier molecular flexibility index (Phi) is 5.82. The van der Waals surface area contributed by atoms with Crippen LogP contribution in [0.4, 0.5) is 0 Å². The van der Waals surface area contributed by atoms with Crippen molar-refractivity contribution < 1.29 is 4.79 Å². The van der Waals surface area contributed by atoms with E-state index in [1.807, 2.05) is 23.5 Å². The van der Waals surface area contributed by atoms with E-state index in [2.05, 4.69) is 73.1 Å². The minimum Gasteiger partial charge on any atom is -0.318 e. The lowest BCUT2D eigenvalue weighted by atomic mass is 10.2. The Labute approximate surface area is 163 Å². The molecule has 0 spiro atoms. The average Bonchev–Trinajstić information content (AvgIpc) is 3.12. The first-order chi connectivity index (χ1) is 12.4. The Morgan fingerprint density at radius 2 is 1.88 bits per heavy atom. The van der Waals surface area contributed by atoms with Gasteiger partial charge >= 0.3 is 0 Å². The maximum atomic E-state index is 12.1. The van der Waals surface area contributed by atoms with Gasteiger partial charge in [-0.25, -0.2) is 5.43 Å². The fourth-order valence-electron chi connectivity index (χ4n) is 3.17. The van der Waals surface area contributed by atoms with Gasteiger partial charge in [0.25, 0.3) is 0 Å². The van der Waals surface area contributed by atoms with Crippen molar-refractivity contribution in [3.05, 3.63) is 52.8 Å². The van der Waals surface area contributed by atoms with Gasteiger partial charge in [0, 0.05) is 34.1 Å². The van der Waals surface area contributed by atoms with E-state index in [1.54, 1.807) is 6.21 Å². The third kappa shape index (κ3) is 4.35. The van der Waals surface area contributed by atoms with Crippen LogP contribution < -0.4 is 5.43 Å². The summed E-state index contributed by atoms with van der Waals surface area (Å²) in [5.74, 6) is 2.20. The lowest BCUT2D eigenvalue weighted by Crippen LogP contribution is -2.26. The number of aryl methyl sites for hydroxylation is 2. The summed E-state index contributed by atoms with van der Waals surface area (Å²) in [6.07, 6.45) is 2.23. The zero-order valence-electron chi connectivity index (χ0n) is 15.7. The van der Waals surface area contributed by atoms with Crippen LogP contribution in [0, 0.1) is 20.8 Å². The summed E-state index contributed by atoms with van der Waals surface area (Å²) in [6, 6.07) is 10.6. The predicted molar refractivity (Wildman–Crippen MR) is 114 cm³/mol. The monoisotopic (exact) mass is 387 g/mol. The zero-order valence-corrected chi connectivity index (χ0v) is 17.3. The van der Waals surface area contributed by atoms with Gasteiger partial charge in [0.15, 0.2) is 0 Å². The number of benzene rings is 1. The maximum Gasteiger partial charge on any atom is 0.242 e. The number of thioether (sulfide) groups is 2. The molecule has 138 valence electrons. The summed E-state index contributed by atoms with van der Waals surface area (Å²) in [4.78, 5) is 12.1. The van der Waals surface area contributed by atoms with Crippen LogP contribution in [0.2, 0.25) is 0 Å².